The van der Waals surface area contributed by atoms with Crippen LogP contribution in [0.1, 0.15) is 22.8 Å². The number of esters is 1. The van der Waals surface area contributed by atoms with Crippen molar-refractivity contribution in [3.63, 3.8) is 0 Å². The normalized spacial score (nSPS) is 11.1. The predicted octanol–water partition coefficient (Wildman–Crippen LogP) is 6.92. The van der Waals surface area contributed by atoms with Gasteiger partial charge < -0.3 is 10.1 Å². The van der Waals surface area contributed by atoms with Gasteiger partial charge in [0.2, 0.25) is 5.91 Å². The highest BCUT2D eigenvalue weighted by Gasteiger charge is 2.15. The molecule has 0 saturated heterocycles. The summed E-state index contributed by atoms with van der Waals surface area (Å²) in [6, 6.07) is 32.2. The maximum atomic E-state index is 13.2. The number of ether oxygens (including phenoxy) is 1. The third-order valence-electron chi connectivity index (χ3n) is 5.67. The van der Waals surface area contributed by atoms with Crippen LogP contribution in [-0.2, 0) is 4.79 Å². The quantitative estimate of drug-likeness (QED) is 0.177. The molecule has 0 spiro atoms. The maximum Gasteiger partial charge on any atom is 0.344 e. The standard InChI is InChI=1S/C30H22N2O3/c1-20(33)32-24-16-14-23(15-17-24)31-19-28-26-11-5-3-8-22(26)13-18-29(28)35-30(34)27-12-6-9-21-7-2-4-10-25(21)27/h2-19H,1H3,(H,32,33). The second-order valence-corrected chi connectivity index (χ2v) is 8.10. The van der Waals surface area contributed by atoms with Gasteiger partial charge in [0.15, 0.2) is 0 Å². The summed E-state index contributed by atoms with van der Waals surface area (Å²) >= 11 is 0. The van der Waals surface area contributed by atoms with Crippen LogP contribution in [0.4, 0.5) is 11.4 Å². The molecule has 35 heavy (non-hydrogen) atoms. The molecule has 0 bridgehead atoms. The summed E-state index contributed by atoms with van der Waals surface area (Å²) in [7, 11) is 0. The van der Waals surface area contributed by atoms with E-state index in [1.165, 1.54) is 6.92 Å². The lowest BCUT2D eigenvalue weighted by molar-refractivity contribution is -0.114. The summed E-state index contributed by atoms with van der Waals surface area (Å²) in [5, 5.41) is 6.50. The molecule has 5 aromatic carbocycles. The Hall–Kier alpha value is -4.77. The molecule has 0 saturated carbocycles. The van der Waals surface area contributed by atoms with Gasteiger partial charge >= 0.3 is 5.97 Å². The van der Waals surface area contributed by atoms with Gasteiger partial charge in [-0.1, -0.05) is 66.7 Å². The largest absolute Gasteiger partial charge is 0.422 e. The molecule has 0 aliphatic carbocycles. The minimum atomic E-state index is -0.425. The zero-order valence-electron chi connectivity index (χ0n) is 19.1. The van der Waals surface area contributed by atoms with Gasteiger partial charge in [-0.2, -0.15) is 0 Å². The Morgan fingerprint density at radius 3 is 2.14 bits per heavy atom. The first-order valence-corrected chi connectivity index (χ1v) is 11.2. The molecule has 5 nitrogen and oxygen atoms in total. The van der Waals surface area contributed by atoms with Crippen molar-refractivity contribution >= 4 is 51.0 Å². The molecule has 0 heterocycles. The number of carbonyl (C=O) groups excluding carboxylic acids is 2. The van der Waals surface area contributed by atoms with Crippen LogP contribution in [0.15, 0.2) is 108 Å². The topological polar surface area (TPSA) is 67.8 Å². The van der Waals surface area contributed by atoms with E-state index in [0.717, 1.165) is 21.5 Å². The molecular formula is C30H22N2O3. The van der Waals surface area contributed by atoms with E-state index >= 15 is 0 Å². The SMILES string of the molecule is CC(=O)Nc1ccc(N=Cc2c(OC(=O)c3cccc4ccccc34)ccc3ccccc23)cc1. The molecule has 0 aliphatic rings. The lowest BCUT2D eigenvalue weighted by atomic mass is 10.0. The van der Waals surface area contributed by atoms with E-state index in [2.05, 4.69) is 10.3 Å². The molecule has 1 amide bonds. The van der Waals surface area contributed by atoms with Crippen molar-refractivity contribution in [3.05, 3.63) is 114 Å². The maximum absolute atomic E-state index is 13.2. The number of nitrogens with one attached hydrogen (secondary N) is 1. The van der Waals surface area contributed by atoms with Crippen LogP contribution in [0.25, 0.3) is 21.5 Å². The second-order valence-electron chi connectivity index (χ2n) is 8.10. The number of rotatable bonds is 5. The summed E-state index contributed by atoms with van der Waals surface area (Å²) < 4.78 is 5.92. The van der Waals surface area contributed by atoms with Crippen LogP contribution in [0.2, 0.25) is 0 Å². The number of aliphatic imine (C=N–C) groups is 1. The first-order chi connectivity index (χ1) is 17.1. The van der Waals surface area contributed by atoms with E-state index in [9.17, 15) is 9.59 Å². The Morgan fingerprint density at radius 2 is 1.40 bits per heavy atom. The molecule has 5 heteroatoms. The number of amides is 1. The fraction of sp³-hybridized carbons (Fsp3) is 0.0333. The number of anilines is 1. The van der Waals surface area contributed by atoms with E-state index < -0.39 is 5.97 Å². The van der Waals surface area contributed by atoms with Crippen molar-refractivity contribution in [2.45, 2.75) is 6.92 Å². The summed E-state index contributed by atoms with van der Waals surface area (Å²) in [6.07, 6.45) is 1.71. The van der Waals surface area contributed by atoms with Crippen molar-refractivity contribution in [1.82, 2.24) is 0 Å². The summed E-state index contributed by atoms with van der Waals surface area (Å²) in [6.45, 7) is 1.47. The highest BCUT2D eigenvalue weighted by molar-refractivity contribution is 6.07. The van der Waals surface area contributed by atoms with Crippen LogP contribution >= 0.6 is 0 Å². The smallest absolute Gasteiger partial charge is 0.344 e. The van der Waals surface area contributed by atoms with E-state index in [1.807, 2.05) is 78.9 Å². The Kier molecular flexibility index (Phi) is 6.05. The van der Waals surface area contributed by atoms with Crippen LogP contribution in [-0.4, -0.2) is 18.1 Å². The van der Waals surface area contributed by atoms with Crippen LogP contribution < -0.4 is 10.1 Å². The first-order valence-electron chi connectivity index (χ1n) is 11.2. The van der Waals surface area contributed by atoms with Gasteiger partial charge in [-0.25, -0.2) is 4.79 Å². The van der Waals surface area contributed by atoms with Gasteiger partial charge in [0.25, 0.3) is 0 Å². The number of carbonyl (C=O) groups is 2. The zero-order valence-corrected chi connectivity index (χ0v) is 19.1. The lowest BCUT2D eigenvalue weighted by Crippen LogP contribution is -2.10. The van der Waals surface area contributed by atoms with Crippen molar-refractivity contribution in [2.75, 3.05) is 5.32 Å². The van der Waals surface area contributed by atoms with Crippen LogP contribution in [0, 0.1) is 0 Å². The molecule has 0 aromatic heterocycles. The zero-order chi connectivity index (χ0) is 24.2. The van der Waals surface area contributed by atoms with Gasteiger partial charge in [-0.05, 0) is 57.9 Å². The third-order valence-corrected chi connectivity index (χ3v) is 5.67. The number of hydrogen-bond acceptors (Lipinski definition) is 4. The Morgan fingerprint density at radius 1 is 0.743 bits per heavy atom. The van der Waals surface area contributed by atoms with Gasteiger partial charge in [0.1, 0.15) is 5.75 Å². The summed E-state index contributed by atoms with van der Waals surface area (Å²) in [4.78, 5) is 29.1. The Bertz CT molecular complexity index is 1580. The average Bonchev–Trinajstić information content (AvgIpc) is 2.88. The minimum Gasteiger partial charge on any atom is -0.422 e. The molecule has 5 rings (SSSR count). The fourth-order valence-electron chi connectivity index (χ4n) is 4.03. The fourth-order valence-corrected chi connectivity index (χ4v) is 4.03. The number of benzene rings is 5. The second kappa shape index (κ2) is 9.61. The minimum absolute atomic E-state index is 0.130. The first kappa shape index (κ1) is 22.0. The highest BCUT2D eigenvalue weighted by atomic mass is 16.5. The van der Waals surface area contributed by atoms with E-state index in [4.69, 9.17) is 4.74 Å². The van der Waals surface area contributed by atoms with Crippen LogP contribution in [0.5, 0.6) is 5.75 Å². The van der Waals surface area contributed by atoms with E-state index in [0.29, 0.717) is 28.3 Å². The van der Waals surface area contributed by atoms with Gasteiger partial charge in [-0.3, -0.25) is 9.79 Å². The number of hydrogen-bond donors (Lipinski definition) is 1. The van der Waals surface area contributed by atoms with Gasteiger partial charge in [0.05, 0.1) is 11.3 Å². The number of nitrogens with zero attached hydrogens (tertiary/aromatic N) is 1. The molecule has 0 atom stereocenters. The van der Waals surface area contributed by atoms with Crippen molar-refractivity contribution in [3.8, 4) is 5.75 Å². The summed E-state index contributed by atoms with van der Waals surface area (Å²) in [5.74, 6) is -0.124. The molecule has 1 N–H and O–H groups in total. The van der Waals surface area contributed by atoms with Gasteiger partial charge in [-0.15, -0.1) is 0 Å². The molecule has 0 unspecified atom stereocenters. The van der Waals surface area contributed by atoms with Gasteiger partial charge in [0, 0.05) is 24.4 Å². The molecule has 0 fully saturated rings. The molecule has 170 valence electrons. The van der Waals surface area contributed by atoms with E-state index in [1.54, 1.807) is 30.5 Å². The predicted molar refractivity (Wildman–Crippen MR) is 141 cm³/mol. The van der Waals surface area contributed by atoms with Crippen LogP contribution in [0.3, 0.4) is 0 Å². The van der Waals surface area contributed by atoms with Crippen molar-refractivity contribution in [2.24, 2.45) is 4.99 Å². The Labute approximate surface area is 202 Å². The van der Waals surface area contributed by atoms with E-state index in [-0.39, 0.29) is 5.91 Å². The van der Waals surface area contributed by atoms with Crippen molar-refractivity contribution < 1.29 is 14.3 Å². The third kappa shape index (κ3) is 4.80. The number of fused-ring (bicyclic) bond motifs is 2. The van der Waals surface area contributed by atoms with Crippen molar-refractivity contribution in [1.29, 1.82) is 0 Å². The average molecular weight is 459 g/mol. The molecular weight excluding hydrogens is 436 g/mol. The molecule has 5 aromatic rings. The lowest BCUT2D eigenvalue weighted by Gasteiger charge is -2.12. The monoisotopic (exact) mass is 458 g/mol. The molecule has 0 radical (unpaired) electrons. The Balaban J connectivity index is 1.51. The summed E-state index contributed by atoms with van der Waals surface area (Å²) in [5.41, 5.74) is 2.63. The molecule has 0 aliphatic heterocycles. The highest BCUT2D eigenvalue weighted by Crippen LogP contribution is 2.29.